The molecule has 1 heterocycles. The maximum atomic E-state index is 12.0. The highest BCUT2D eigenvalue weighted by Crippen LogP contribution is 2.12. The van der Waals surface area contributed by atoms with Gasteiger partial charge in [0.15, 0.2) is 6.61 Å². The van der Waals surface area contributed by atoms with Crippen molar-refractivity contribution in [2.75, 3.05) is 6.61 Å². The van der Waals surface area contributed by atoms with Crippen LogP contribution in [0.2, 0.25) is 0 Å². The van der Waals surface area contributed by atoms with E-state index in [0.717, 1.165) is 24.2 Å². The minimum atomic E-state index is -0.515. The predicted molar refractivity (Wildman–Crippen MR) is 91.1 cm³/mol. The quantitative estimate of drug-likeness (QED) is 0.793. The summed E-state index contributed by atoms with van der Waals surface area (Å²) in [7, 11) is 0. The van der Waals surface area contributed by atoms with Crippen molar-refractivity contribution in [3.8, 4) is 5.69 Å². The monoisotopic (exact) mass is 329 g/mol. The van der Waals surface area contributed by atoms with E-state index >= 15 is 0 Å². The lowest BCUT2D eigenvalue weighted by atomic mass is 10.2. The second-order valence-electron chi connectivity index (χ2n) is 5.59. The number of nitrogens with one attached hydrogen (secondary N) is 1. The van der Waals surface area contributed by atoms with Crippen molar-refractivity contribution >= 4 is 11.9 Å². The molecular formula is C18H23N3O3. The summed E-state index contributed by atoms with van der Waals surface area (Å²) in [6.07, 6.45) is 3.42. The number of hydrogen-bond donors (Lipinski definition) is 1. The van der Waals surface area contributed by atoms with Crippen LogP contribution in [-0.2, 0) is 9.53 Å². The third kappa shape index (κ3) is 4.44. The van der Waals surface area contributed by atoms with Gasteiger partial charge in [0, 0.05) is 17.9 Å². The molecule has 0 atom stereocenters. The van der Waals surface area contributed by atoms with Gasteiger partial charge >= 0.3 is 5.97 Å². The third-order valence-corrected chi connectivity index (χ3v) is 3.86. The van der Waals surface area contributed by atoms with Gasteiger partial charge in [0.05, 0.1) is 11.3 Å². The van der Waals surface area contributed by atoms with Crippen LogP contribution < -0.4 is 5.32 Å². The molecule has 1 N–H and O–H groups in total. The van der Waals surface area contributed by atoms with Crippen molar-refractivity contribution in [2.24, 2.45) is 0 Å². The molecule has 1 amide bonds. The van der Waals surface area contributed by atoms with Gasteiger partial charge in [0.1, 0.15) is 0 Å². The first-order chi connectivity index (χ1) is 11.5. The molecule has 6 heteroatoms. The Bertz CT molecular complexity index is 688. The van der Waals surface area contributed by atoms with Crippen molar-refractivity contribution < 1.29 is 14.3 Å². The number of amides is 1. The van der Waals surface area contributed by atoms with Crippen molar-refractivity contribution in [3.63, 3.8) is 0 Å². The summed E-state index contributed by atoms with van der Waals surface area (Å²) in [6, 6.07) is 8.94. The zero-order chi connectivity index (χ0) is 17.5. The minimum Gasteiger partial charge on any atom is -0.452 e. The minimum absolute atomic E-state index is 0.118. The molecule has 1 aromatic heterocycles. The fourth-order valence-electron chi connectivity index (χ4n) is 2.36. The largest absolute Gasteiger partial charge is 0.452 e. The Morgan fingerprint density at radius 1 is 1.17 bits per heavy atom. The highest BCUT2D eigenvalue weighted by Gasteiger charge is 2.13. The molecule has 1 aromatic carbocycles. The van der Waals surface area contributed by atoms with E-state index in [1.165, 1.54) is 0 Å². The highest BCUT2D eigenvalue weighted by atomic mass is 16.5. The standard InChI is InChI=1S/C18H23N3O3/c1-4-15(5-2)20-17(22)12-24-18(23)14-6-8-16(9-7-14)21-13(3)10-11-19-21/h6-11,15H,4-5,12H2,1-3H3,(H,20,22). The van der Waals surface area contributed by atoms with Crippen LogP contribution in [0.3, 0.4) is 0 Å². The van der Waals surface area contributed by atoms with Crippen LogP contribution in [0.1, 0.15) is 42.7 Å². The Morgan fingerprint density at radius 2 is 1.83 bits per heavy atom. The van der Waals surface area contributed by atoms with E-state index in [-0.39, 0.29) is 18.6 Å². The molecule has 0 unspecified atom stereocenters. The number of nitrogens with zero attached hydrogens (tertiary/aromatic N) is 2. The third-order valence-electron chi connectivity index (χ3n) is 3.86. The Hall–Kier alpha value is -2.63. The molecule has 0 aliphatic carbocycles. The molecule has 0 aliphatic rings. The summed E-state index contributed by atoms with van der Waals surface area (Å²) in [4.78, 5) is 23.8. The first kappa shape index (κ1) is 17.7. The first-order valence-corrected chi connectivity index (χ1v) is 8.12. The molecule has 0 saturated carbocycles. The smallest absolute Gasteiger partial charge is 0.338 e. The van der Waals surface area contributed by atoms with Gasteiger partial charge in [-0.25, -0.2) is 9.48 Å². The summed E-state index contributed by atoms with van der Waals surface area (Å²) in [5.74, 6) is -0.792. The Kier molecular flexibility index (Phi) is 6.12. The van der Waals surface area contributed by atoms with Crippen LogP contribution >= 0.6 is 0 Å². The second kappa shape index (κ2) is 8.29. The highest BCUT2D eigenvalue weighted by molar-refractivity contribution is 5.91. The van der Waals surface area contributed by atoms with E-state index in [1.54, 1.807) is 35.1 Å². The summed E-state index contributed by atoms with van der Waals surface area (Å²) in [5.41, 5.74) is 2.27. The zero-order valence-corrected chi connectivity index (χ0v) is 14.3. The summed E-state index contributed by atoms with van der Waals surface area (Å²) in [5, 5.41) is 7.04. The Morgan fingerprint density at radius 3 is 2.38 bits per heavy atom. The van der Waals surface area contributed by atoms with Crippen LogP contribution in [0.5, 0.6) is 0 Å². The van der Waals surface area contributed by atoms with Gasteiger partial charge in [-0.15, -0.1) is 0 Å². The van der Waals surface area contributed by atoms with Crippen molar-refractivity contribution in [1.29, 1.82) is 0 Å². The Balaban J connectivity index is 1.91. The average molecular weight is 329 g/mol. The molecule has 2 rings (SSSR count). The number of benzene rings is 1. The van der Waals surface area contributed by atoms with Crippen molar-refractivity contribution in [3.05, 3.63) is 47.8 Å². The number of aryl methyl sites for hydroxylation is 1. The second-order valence-corrected chi connectivity index (χ2v) is 5.59. The Labute approximate surface area is 141 Å². The van der Waals surface area contributed by atoms with E-state index in [9.17, 15) is 9.59 Å². The van der Waals surface area contributed by atoms with Gasteiger partial charge in [-0.05, 0) is 50.1 Å². The zero-order valence-electron chi connectivity index (χ0n) is 14.3. The molecule has 0 fully saturated rings. The van der Waals surface area contributed by atoms with Gasteiger partial charge in [0.25, 0.3) is 5.91 Å². The van der Waals surface area contributed by atoms with Crippen molar-refractivity contribution in [1.82, 2.24) is 15.1 Å². The van der Waals surface area contributed by atoms with Crippen LogP contribution in [0.15, 0.2) is 36.5 Å². The number of carbonyl (C=O) groups excluding carboxylic acids is 2. The van der Waals surface area contributed by atoms with Crippen molar-refractivity contribution in [2.45, 2.75) is 39.7 Å². The van der Waals surface area contributed by atoms with Gasteiger partial charge in [-0.1, -0.05) is 13.8 Å². The fraction of sp³-hybridized carbons (Fsp3) is 0.389. The molecule has 2 aromatic rings. The number of ether oxygens (including phenoxy) is 1. The molecule has 24 heavy (non-hydrogen) atoms. The van der Waals surface area contributed by atoms with Gasteiger partial charge in [0.2, 0.25) is 0 Å². The number of hydrogen-bond acceptors (Lipinski definition) is 4. The van der Waals surface area contributed by atoms with Gasteiger partial charge < -0.3 is 10.1 Å². The lowest BCUT2D eigenvalue weighted by Gasteiger charge is -2.14. The van der Waals surface area contributed by atoms with Gasteiger partial charge in [-0.3, -0.25) is 4.79 Å². The predicted octanol–water partition coefficient (Wildman–Crippen LogP) is 2.64. The van der Waals surface area contributed by atoms with Gasteiger partial charge in [-0.2, -0.15) is 5.10 Å². The average Bonchev–Trinajstić information content (AvgIpc) is 3.03. The lowest BCUT2D eigenvalue weighted by molar-refractivity contribution is -0.125. The number of carbonyl (C=O) groups is 2. The number of esters is 1. The molecule has 128 valence electrons. The van der Waals surface area contributed by atoms with E-state index in [0.29, 0.717) is 5.56 Å². The number of aromatic nitrogens is 2. The van der Waals surface area contributed by atoms with Crippen LogP contribution in [-0.4, -0.2) is 34.3 Å². The van der Waals surface area contributed by atoms with Crippen LogP contribution in [0.4, 0.5) is 0 Å². The first-order valence-electron chi connectivity index (χ1n) is 8.12. The maximum Gasteiger partial charge on any atom is 0.338 e. The van der Waals surface area contributed by atoms with Crippen LogP contribution in [0, 0.1) is 6.92 Å². The molecule has 6 nitrogen and oxygen atoms in total. The molecule has 0 spiro atoms. The summed E-state index contributed by atoms with van der Waals surface area (Å²) >= 11 is 0. The van der Waals surface area contributed by atoms with E-state index < -0.39 is 5.97 Å². The van der Waals surface area contributed by atoms with Crippen LogP contribution in [0.25, 0.3) is 5.69 Å². The normalized spacial score (nSPS) is 10.7. The molecule has 0 radical (unpaired) electrons. The number of rotatable bonds is 7. The van der Waals surface area contributed by atoms with E-state index in [4.69, 9.17) is 4.74 Å². The summed E-state index contributed by atoms with van der Waals surface area (Å²) < 4.78 is 6.84. The van der Waals surface area contributed by atoms with E-state index in [2.05, 4.69) is 10.4 Å². The maximum absolute atomic E-state index is 12.0. The molecular weight excluding hydrogens is 306 g/mol. The fourth-order valence-corrected chi connectivity index (χ4v) is 2.36. The molecule has 0 bridgehead atoms. The topological polar surface area (TPSA) is 73.2 Å². The molecule has 0 saturated heterocycles. The summed E-state index contributed by atoms with van der Waals surface area (Å²) in [6.45, 7) is 5.69. The SMILES string of the molecule is CCC(CC)NC(=O)COC(=O)c1ccc(-n2nccc2C)cc1. The lowest BCUT2D eigenvalue weighted by Crippen LogP contribution is -2.36. The van der Waals surface area contributed by atoms with E-state index in [1.807, 2.05) is 26.8 Å². The molecule has 0 aliphatic heterocycles.